The highest BCUT2D eigenvalue weighted by atomic mass is 19.1. The van der Waals surface area contributed by atoms with E-state index in [2.05, 4.69) is 19.2 Å². The minimum Gasteiger partial charge on any atom is -0.483 e. The molecule has 0 aromatic heterocycles. The third-order valence-corrected chi connectivity index (χ3v) is 5.36. The molecule has 31 heavy (non-hydrogen) atoms. The van der Waals surface area contributed by atoms with Crippen molar-refractivity contribution in [1.29, 1.82) is 0 Å². The molecule has 0 bridgehead atoms. The average molecular weight is 429 g/mol. The van der Waals surface area contributed by atoms with E-state index in [0.717, 1.165) is 12.0 Å². The third-order valence-electron chi connectivity index (χ3n) is 5.36. The Labute approximate surface area is 184 Å². The van der Waals surface area contributed by atoms with Crippen molar-refractivity contribution in [3.63, 3.8) is 0 Å². The van der Waals surface area contributed by atoms with E-state index in [1.807, 2.05) is 38.1 Å². The van der Waals surface area contributed by atoms with Gasteiger partial charge in [-0.15, -0.1) is 0 Å². The van der Waals surface area contributed by atoms with Crippen LogP contribution in [0.2, 0.25) is 0 Å². The van der Waals surface area contributed by atoms with Crippen LogP contribution in [0, 0.1) is 5.82 Å². The molecule has 168 valence electrons. The summed E-state index contributed by atoms with van der Waals surface area (Å²) >= 11 is 0. The van der Waals surface area contributed by atoms with Crippen molar-refractivity contribution >= 4 is 11.8 Å². The van der Waals surface area contributed by atoms with E-state index in [1.54, 1.807) is 25.1 Å². The summed E-state index contributed by atoms with van der Waals surface area (Å²) in [7, 11) is 0. The Hall–Kier alpha value is -2.89. The fraction of sp³-hybridized carbons (Fsp3) is 0.440. The van der Waals surface area contributed by atoms with Crippen LogP contribution < -0.4 is 10.1 Å². The van der Waals surface area contributed by atoms with Crippen LogP contribution in [0.5, 0.6) is 5.75 Å². The number of rotatable bonds is 10. The summed E-state index contributed by atoms with van der Waals surface area (Å²) in [5.74, 6) is -0.203. The van der Waals surface area contributed by atoms with E-state index in [0.29, 0.717) is 11.3 Å². The molecular formula is C25H33FN2O3. The number of para-hydroxylation sites is 1. The van der Waals surface area contributed by atoms with Gasteiger partial charge in [0.05, 0.1) is 0 Å². The van der Waals surface area contributed by atoms with E-state index in [9.17, 15) is 14.0 Å². The molecule has 0 saturated heterocycles. The van der Waals surface area contributed by atoms with Crippen molar-refractivity contribution < 1.29 is 18.7 Å². The topological polar surface area (TPSA) is 58.6 Å². The first-order valence-electron chi connectivity index (χ1n) is 10.8. The molecule has 0 aliphatic carbocycles. The van der Waals surface area contributed by atoms with Crippen molar-refractivity contribution in [2.75, 3.05) is 6.61 Å². The summed E-state index contributed by atoms with van der Waals surface area (Å²) in [5.41, 5.74) is 1.35. The number of halogens is 1. The van der Waals surface area contributed by atoms with Crippen LogP contribution in [0.15, 0.2) is 48.5 Å². The molecule has 1 N–H and O–H groups in total. The fourth-order valence-corrected chi connectivity index (χ4v) is 3.17. The number of nitrogens with one attached hydrogen (secondary N) is 1. The summed E-state index contributed by atoms with van der Waals surface area (Å²) in [5, 5.41) is 2.90. The minimum absolute atomic E-state index is 0.0181. The molecule has 0 fully saturated rings. The molecular weight excluding hydrogens is 395 g/mol. The average Bonchev–Trinajstić information content (AvgIpc) is 2.76. The molecule has 0 radical (unpaired) electrons. The number of nitrogens with zero attached hydrogens (tertiary/aromatic N) is 1. The van der Waals surface area contributed by atoms with Crippen LogP contribution in [0.4, 0.5) is 4.39 Å². The number of benzene rings is 2. The van der Waals surface area contributed by atoms with Crippen LogP contribution in [-0.2, 0) is 16.1 Å². The summed E-state index contributed by atoms with van der Waals surface area (Å²) in [4.78, 5) is 27.2. The van der Waals surface area contributed by atoms with E-state index in [-0.39, 0.29) is 36.9 Å². The summed E-state index contributed by atoms with van der Waals surface area (Å²) in [6.07, 6.45) is 0.773. The maximum absolute atomic E-state index is 14.3. The number of carbonyl (C=O) groups is 2. The van der Waals surface area contributed by atoms with E-state index >= 15 is 0 Å². The van der Waals surface area contributed by atoms with Crippen LogP contribution in [0.3, 0.4) is 0 Å². The lowest BCUT2D eigenvalue weighted by molar-refractivity contribution is -0.142. The highest BCUT2D eigenvalue weighted by Gasteiger charge is 2.28. The lowest BCUT2D eigenvalue weighted by atomic mass is 10.0. The maximum atomic E-state index is 14.3. The van der Waals surface area contributed by atoms with Crippen LogP contribution >= 0.6 is 0 Å². The van der Waals surface area contributed by atoms with Gasteiger partial charge in [-0.2, -0.15) is 0 Å². The minimum atomic E-state index is -0.773. The van der Waals surface area contributed by atoms with E-state index < -0.39 is 11.9 Å². The standard InChI is InChI=1S/C25H33FN2O3/c1-6-18(4)27-25(30)19(5)28(15-20-11-7-9-13-22(20)26)24(29)16-31-23-14-10-8-12-21(23)17(2)3/h7-14,17-19H,6,15-16H2,1-5H3,(H,27,30)/t18-,19-/m0/s1. The molecule has 2 amide bonds. The second-order valence-corrected chi connectivity index (χ2v) is 8.09. The summed E-state index contributed by atoms with van der Waals surface area (Å²) in [6, 6.07) is 13.0. The molecule has 2 atom stereocenters. The smallest absolute Gasteiger partial charge is 0.261 e. The second-order valence-electron chi connectivity index (χ2n) is 8.09. The van der Waals surface area contributed by atoms with Gasteiger partial charge in [0.25, 0.3) is 5.91 Å². The predicted molar refractivity (Wildman–Crippen MR) is 120 cm³/mol. The van der Waals surface area contributed by atoms with Crippen molar-refractivity contribution in [3.8, 4) is 5.75 Å². The molecule has 0 aliphatic rings. The van der Waals surface area contributed by atoms with Gasteiger partial charge in [-0.1, -0.05) is 57.2 Å². The molecule has 0 spiro atoms. The Morgan fingerprint density at radius 3 is 2.32 bits per heavy atom. The number of hydrogen-bond acceptors (Lipinski definition) is 3. The second kappa shape index (κ2) is 11.5. The maximum Gasteiger partial charge on any atom is 0.261 e. The molecule has 0 heterocycles. The van der Waals surface area contributed by atoms with Gasteiger partial charge in [0.1, 0.15) is 17.6 Å². The first kappa shape index (κ1) is 24.4. The highest BCUT2D eigenvalue weighted by molar-refractivity contribution is 5.88. The molecule has 0 aliphatic heterocycles. The molecule has 6 heteroatoms. The van der Waals surface area contributed by atoms with Gasteiger partial charge in [-0.3, -0.25) is 9.59 Å². The van der Waals surface area contributed by atoms with Crippen molar-refractivity contribution in [2.45, 2.75) is 65.6 Å². The normalized spacial score (nSPS) is 12.9. The Bertz CT molecular complexity index is 885. The molecule has 2 aromatic rings. The Kier molecular flexibility index (Phi) is 9.03. The fourth-order valence-electron chi connectivity index (χ4n) is 3.17. The molecule has 2 aromatic carbocycles. The van der Waals surface area contributed by atoms with Crippen LogP contribution in [0.25, 0.3) is 0 Å². The number of ether oxygens (including phenoxy) is 1. The first-order chi connectivity index (χ1) is 14.7. The molecule has 5 nitrogen and oxygen atoms in total. The lowest BCUT2D eigenvalue weighted by Gasteiger charge is -2.30. The number of hydrogen-bond donors (Lipinski definition) is 1. The SMILES string of the molecule is CC[C@H](C)NC(=O)[C@H](C)N(Cc1ccccc1F)C(=O)COc1ccccc1C(C)C. The van der Waals surface area contributed by atoms with Gasteiger partial charge < -0.3 is 15.0 Å². The molecule has 0 unspecified atom stereocenters. The predicted octanol–water partition coefficient (Wildman–Crippen LogP) is 4.66. The van der Waals surface area contributed by atoms with Crippen LogP contribution in [-0.4, -0.2) is 35.4 Å². The summed E-state index contributed by atoms with van der Waals surface area (Å²) < 4.78 is 20.1. The lowest BCUT2D eigenvalue weighted by Crippen LogP contribution is -2.50. The molecule has 2 rings (SSSR count). The van der Waals surface area contributed by atoms with E-state index in [1.165, 1.54) is 11.0 Å². The van der Waals surface area contributed by atoms with Gasteiger partial charge >= 0.3 is 0 Å². The summed E-state index contributed by atoms with van der Waals surface area (Å²) in [6.45, 7) is 9.37. The van der Waals surface area contributed by atoms with E-state index in [4.69, 9.17) is 4.74 Å². The van der Waals surface area contributed by atoms with Crippen LogP contribution in [0.1, 0.15) is 58.1 Å². The monoisotopic (exact) mass is 428 g/mol. The third kappa shape index (κ3) is 6.81. The van der Waals surface area contributed by atoms with Gasteiger partial charge in [-0.05, 0) is 43.9 Å². The van der Waals surface area contributed by atoms with Crippen molar-refractivity contribution in [3.05, 3.63) is 65.5 Å². The van der Waals surface area contributed by atoms with Gasteiger partial charge in [0.15, 0.2) is 6.61 Å². The largest absolute Gasteiger partial charge is 0.483 e. The zero-order valence-electron chi connectivity index (χ0n) is 19.0. The number of carbonyl (C=O) groups excluding carboxylic acids is 2. The Morgan fingerprint density at radius 2 is 1.68 bits per heavy atom. The highest BCUT2D eigenvalue weighted by Crippen LogP contribution is 2.26. The van der Waals surface area contributed by atoms with Gasteiger partial charge in [0, 0.05) is 18.2 Å². The van der Waals surface area contributed by atoms with Gasteiger partial charge in [-0.25, -0.2) is 4.39 Å². The molecule has 0 saturated carbocycles. The zero-order chi connectivity index (χ0) is 23.0. The van der Waals surface area contributed by atoms with Crippen molar-refractivity contribution in [1.82, 2.24) is 10.2 Å². The van der Waals surface area contributed by atoms with Crippen molar-refractivity contribution in [2.24, 2.45) is 0 Å². The first-order valence-corrected chi connectivity index (χ1v) is 10.8. The Balaban J connectivity index is 2.21. The zero-order valence-corrected chi connectivity index (χ0v) is 19.0. The quantitative estimate of drug-likeness (QED) is 0.599. The van der Waals surface area contributed by atoms with Gasteiger partial charge in [0.2, 0.25) is 5.91 Å². The number of amides is 2. The Morgan fingerprint density at radius 1 is 1.03 bits per heavy atom.